The van der Waals surface area contributed by atoms with Gasteiger partial charge in [0.05, 0.1) is 12.1 Å². The lowest BCUT2D eigenvalue weighted by Crippen LogP contribution is -2.57. The number of ketones is 1. The first-order valence-electron chi connectivity index (χ1n) is 13.8. The Morgan fingerprint density at radius 1 is 1.13 bits per heavy atom. The van der Waals surface area contributed by atoms with Crippen LogP contribution in [0.1, 0.15) is 74.7 Å². The van der Waals surface area contributed by atoms with Gasteiger partial charge in [-0.15, -0.1) is 0 Å². The maximum absolute atomic E-state index is 13.7. The summed E-state index contributed by atoms with van der Waals surface area (Å²) < 4.78 is 5.54. The molecule has 1 saturated carbocycles. The molecule has 0 radical (unpaired) electrons. The van der Waals surface area contributed by atoms with Crippen LogP contribution in [0.15, 0.2) is 29.4 Å². The second-order valence-corrected chi connectivity index (χ2v) is 12.2. The van der Waals surface area contributed by atoms with E-state index in [-0.39, 0.29) is 30.7 Å². The predicted octanol–water partition coefficient (Wildman–Crippen LogP) is 3.42. The van der Waals surface area contributed by atoms with Crippen molar-refractivity contribution in [1.82, 2.24) is 15.1 Å². The molecule has 38 heavy (non-hydrogen) atoms. The molecule has 3 saturated heterocycles. The van der Waals surface area contributed by atoms with Crippen molar-refractivity contribution in [3.8, 4) is 0 Å². The average Bonchev–Trinajstić information content (AvgIpc) is 3.42. The first kappa shape index (κ1) is 26.7. The number of hydrogen-bond acceptors (Lipinski definition) is 6. The number of rotatable bonds is 6. The first-order valence-corrected chi connectivity index (χ1v) is 13.8. The molecule has 0 bridgehead atoms. The van der Waals surface area contributed by atoms with E-state index in [1.807, 2.05) is 45.0 Å². The standard InChI is InChI=1S/C28H38N6O4/c1-28(2,3)25(27(37)34-15-21(31-32-29)24-23(34)22(35)16-38-24)30-26(36)19-9-7-17(8-10-19)18-11-13-33(14-12-18)20-5-4-6-20/h7-10,18,20-21,23-25H,4-6,11-16H2,1-3H3,(H,30,36)/t21-,23+,24+,25+/m0/s1. The average molecular weight is 523 g/mol. The summed E-state index contributed by atoms with van der Waals surface area (Å²) >= 11 is 0. The van der Waals surface area contributed by atoms with Crippen LogP contribution in [0.3, 0.4) is 0 Å². The molecule has 1 aromatic rings. The molecule has 10 heteroatoms. The molecule has 0 spiro atoms. The molecular formula is C28H38N6O4. The number of amides is 2. The predicted molar refractivity (Wildman–Crippen MR) is 142 cm³/mol. The largest absolute Gasteiger partial charge is 0.367 e. The van der Waals surface area contributed by atoms with Crippen LogP contribution in [-0.2, 0) is 14.3 Å². The van der Waals surface area contributed by atoms with Gasteiger partial charge in [0.15, 0.2) is 5.78 Å². The number of piperidine rings is 1. The van der Waals surface area contributed by atoms with Gasteiger partial charge in [0, 0.05) is 23.1 Å². The van der Waals surface area contributed by atoms with Crippen molar-refractivity contribution < 1.29 is 19.1 Å². The summed E-state index contributed by atoms with van der Waals surface area (Å²) in [5, 5.41) is 6.68. The maximum Gasteiger partial charge on any atom is 0.251 e. The van der Waals surface area contributed by atoms with Gasteiger partial charge in [0.2, 0.25) is 5.91 Å². The zero-order valence-corrected chi connectivity index (χ0v) is 22.5. The Hall–Kier alpha value is -2.94. The van der Waals surface area contributed by atoms with Crippen LogP contribution < -0.4 is 5.32 Å². The lowest BCUT2D eigenvalue weighted by atomic mass is 9.84. The number of carbonyl (C=O) groups is 3. The quantitative estimate of drug-likeness (QED) is 0.348. The number of Topliss-reactive ketones (excluding diaryl/α,β-unsaturated/α-hetero) is 1. The Morgan fingerprint density at radius 2 is 1.82 bits per heavy atom. The Kier molecular flexibility index (Phi) is 7.49. The third kappa shape index (κ3) is 5.17. The Morgan fingerprint density at radius 3 is 2.39 bits per heavy atom. The van der Waals surface area contributed by atoms with Crippen molar-refractivity contribution in [3.05, 3.63) is 45.8 Å². The maximum atomic E-state index is 13.7. The van der Waals surface area contributed by atoms with Gasteiger partial charge >= 0.3 is 0 Å². The van der Waals surface area contributed by atoms with E-state index >= 15 is 0 Å². The summed E-state index contributed by atoms with van der Waals surface area (Å²) in [6, 6.07) is 6.24. The van der Waals surface area contributed by atoms with E-state index in [1.54, 1.807) is 0 Å². The summed E-state index contributed by atoms with van der Waals surface area (Å²) in [5.41, 5.74) is 10.1. The van der Waals surface area contributed by atoms with Crippen molar-refractivity contribution >= 4 is 17.6 Å². The molecule has 3 aliphatic heterocycles. The van der Waals surface area contributed by atoms with Crippen LogP contribution in [0.25, 0.3) is 10.4 Å². The van der Waals surface area contributed by atoms with E-state index < -0.39 is 29.6 Å². The molecule has 10 nitrogen and oxygen atoms in total. The minimum Gasteiger partial charge on any atom is -0.367 e. The van der Waals surface area contributed by atoms with E-state index in [1.165, 1.54) is 29.7 Å². The Labute approximate surface area is 223 Å². The number of nitrogens with one attached hydrogen (secondary N) is 1. The van der Waals surface area contributed by atoms with Gasteiger partial charge in [-0.3, -0.25) is 14.4 Å². The minimum atomic E-state index is -0.871. The molecule has 1 aliphatic carbocycles. The molecule has 1 N–H and O–H groups in total. The van der Waals surface area contributed by atoms with Crippen LogP contribution in [0.5, 0.6) is 0 Å². The fraction of sp³-hybridized carbons (Fsp3) is 0.679. The van der Waals surface area contributed by atoms with Gasteiger partial charge in [-0.2, -0.15) is 0 Å². The highest BCUT2D eigenvalue weighted by atomic mass is 16.5. The second kappa shape index (κ2) is 10.7. The van der Waals surface area contributed by atoms with Crippen molar-refractivity contribution in [2.24, 2.45) is 10.5 Å². The molecule has 5 rings (SSSR count). The highest BCUT2D eigenvalue weighted by Gasteiger charge is 2.54. The topological polar surface area (TPSA) is 128 Å². The minimum absolute atomic E-state index is 0.0840. The van der Waals surface area contributed by atoms with Gasteiger partial charge in [-0.25, -0.2) is 0 Å². The van der Waals surface area contributed by atoms with Gasteiger partial charge in [0.1, 0.15) is 18.7 Å². The molecule has 0 aromatic heterocycles. The van der Waals surface area contributed by atoms with Crippen LogP contribution in [0, 0.1) is 5.41 Å². The van der Waals surface area contributed by atoms with Crippen LogP contribution in [0.2, 0.25) is 0 Å². The first-order chi connectivity index (χ1) is 18.2. The Balaban J connectivity index is 1.25. The van der Waals surface area contributed by atoms with Gasteiger partial charge < -0.3 is 19.9 Å². The molecule has 3 heterocycles. The van der Waals surface area contributed by atoms with E-state index in [4.69, 9.17) is 10.3 Å². The van der Waals surface area contributed by atoms with Crippen molar-refractivity contribution in [2.75, 3.05) is 26.2 Å². The summed E-state index contributed by atoms with van der Waals surface area (Å²) in [7, 11) is 0. The lowest BCUT2D eigenvalue weighted by Gasteiger charge is -2.42. The smallest absolute Gasteiger partial charge is 0.251 e. The summed E-state index contributed by atoms with van der Waals surface area (Å²) in [4.78, 5) is 46.4. The monoisotopic (exact) mass is 522 g/mol. The zero-order valence-electron chi connectivity index (χ0n) is 22.5. The lowest BCUT2D eigenvalue weighted by molar-refractivity contribution is -0.140. The molecule has 204 valence electrons. The van der Waals surface area contributed by atoms with Crippen molar-refractivity contribution in [3.63, 3.8) is 0 Å². The SMILES string of the molecule is CC(C)(C)[C@H](NC(=O)c1ccc(C2CCN(C3CCC3)CC2)cc1)C(=O)N1C[C@H](N=[N+]=[N-])[C@H]2OCC(=O)[C@H]21. The van der Waals surface area contributed by atoms with E-state index in [9.17, 15) is 14.4 Å². The number of nitrogens with zero attached hydrogens (tertiary/aromatic N) is 5. The van der Waals surface area contributed by atoms with Crippen molar-refractivity contribution in [2.45, 2.75) is 89.1 Å². The normalized spacial score (nSPS) is 27.4. The molecule has 4 atom stereocenters. The highest BCUT2D eigenvalue weighted by Crippen LogP contribution is 2.34. The summed E-state index contributed by atoms with van der Waals surface area (Å²) in [6.07, 6.45) is 5.66. The highest BCUT2D eigenvalue weighted by molar-refractivity contribution is 5.99. The summed E-state index contributed by atoms with van der Waals surface area (Å²) in [5.74, 6) is -0.413. The second-order valence-electron chi connectivity index (χ2n) is 12.2. The van der Waals surface area contributed by atoms with E-state index in [0.29, 0.717) is 11.5 Å². The number of ether oxygens (including phenoxy) is 1. The molecule has 0 unspecified atom stereocenters. The van der Waals surface area contributed by atoms with E-state index in [2.05, 4.69) is 20.2 Å². The van der Waals surface area contributed by atoms with Crippen molar-refractivity contribution in [1.29, 1.82) is 0 Å². The number of fused-ring (bicyclic) bond motifs is 1. The molecule has 4 fully saturated rings. The van der Waals surface area contributed by atoms with Crippen LogP contribution in [0.4, 0.5) is 0 Å². The van der Waals surface area contributed by atoms with E-state index in [0.717, 1.165) is 32.0 Å². The number of hydrogen-bond donors (Lipinski definition) is 1. The number of azide groups is 1. The molecule has 4 aliphatic rings. The van der Waals surface area contributed by atoms with Crippen LogP contribution in [-0.4, -0.2) is 83.9 Å². The third-order valence-corrected chi connectivity index (χ3v) is 8.79. The fourth-order valence-corrected chi connectivity index (χ4v) is 6.31. The van der Waals surface area contributed by atoms with Gasteiger partial charge in [-0.05, 0) is 73.3 Å². The Bertz CT molecular complexity index is 1110. The summed E-state index contributed by atoms with van der Waals surface area (Å²) in [6.45, 7) is 7.87. The molecule has 2 amide bonds. The molecule has 1 aromatic carbocycles. The van der Waals surface area contributed by atoms with Gasteiger partial charge in [-0.1, -0.05) is 44.4 Å². The molecular weight excluding hydrogens is 484 g/mol. The fourth-order valence-electron chi connectivity index (χ4n) is 6.31. The number of likely N-dealkylation sites (tertiary alicyclic amines) is 2. The zero-order chi connectivity index (χ0) is 27.0. The van der Waals surface area contributed by atoms with Gasteiger partial charge in [0.25, 0.3) is 5.91 Å². The number of benzene rings is 1. The van der Waals surface area contributed by atoms with Crippen LogP contribution >= 0.6 is 0 Å². The third-order valence-electron chi connectivity index (χ3n) is 8.79. The number of carbonyl (C=O) groups excluding carboxylic acids is 3.